The zero-order valence-corrected chi connectivity index (χ0v) is 18.2. The van der Waals surface area contributed by atoms with E-state index in [9.17, 15) is 14.4 Å². The van der Waals surface area contributed by atoms with Crippen LogP contribution in [0.2, 0.25) is 0 Å². The van der Waals surface area contributed by atoms with E-state index in [2.05, 4.69) is 40.1 Å². The fourth-order valence-corrected chi connectivity index (χ4v) is 4.57. The molecule has 0 aliphatic heterocycles. The van der Waals surface area contributed by atoms with Crippen molar-refractivity contribution < 1.29 is 28.8 Å². The van der Waals surface area contributed by atoms with Crippen LogP contribution in [0.15, 0.2) is 59.1 Å². The maximum atomic E-state index is 12.4. The fraction of sp³-hybridized carbons (Fsp3) is 0.280. The third-order valence-electron chi connectivity index (χ3n) is 6.39. The molecule has 2 aliphatic carbocycles. The van der Waals surface area contributed by atoms with E-state index in [1.807, 2.05) is 24.3 Å². The largest absolute Gasteiger partial charge is 0.476 e. The number of hydrogen-bond donors (Lipinski definition) is 3. The Kier molecular flexibility index (Phi) is 5.75. The summed E-state index contributed by atoms with van der Waals surface area (Å²) in [4.78, 5) is 35.5. The van der Waals surface area contributed by atoms with E-state index in [0.717, 1.165) is 11.1 Å². The van der Waals surface area contributed by atoms with Crippen molar-refractivity contribution in [3.63, 3.8) is 0 Å². The molecule has 3 N–H and O–H groups in total. The minimum absolute atomic E-state index is 0.00389. The highest BCUT2D eigenvalue weighted by atomic mass is 16.5. The van der Waals surface area contributed by atoms with Gasteiger partial charge in [0, 0.05) is 23.9 Å². The molecular formula is C25H23N3O6. The van der Waals surface area contributed by atoms with Gasteiger partial charge < -0.3 is 25.0 Å². The highest BCUT2D eigenvalue weighted by Crippen LogP contribution is 2.44. The summed E-state index contributed by atoms with van der Waals surface area (Å²) in [5.41, 5.74) is 4.44. The lowest BCUT2D eigenvalue weighted by Crippen LogP contribution is -2.49. The smallest absolute Gasteiger partial charge is 0.407 e. The van der Waals surface area contributed by atoms with Gasteiger partial charge >= 0.3 is 12.1 Å². The fourth-order valence-electron chi connectivity index (χ4n) is 4.57. The molecule has 2 aliphatic rings. The molecule has 9 nitrogen and oxygen atoms in total. The Labute approximate surface area is 195 Å². The second-order valence-electron chi connectivity index (χ2n) is 8.54. The van der Waals surface area contributed by atoms with Crippen molar-refractivity contribution in [1.82, 2.24) is 15.8 Å². The van der Waals surface area contributed by atoms with Crippen LogP contribution < -0.4 is 10.6 Å². The third kappa shape index (κ3) is 4.24. The quantitative estimate of drug-likeness (QED) is 0.492. The minimum atomic E-state index is -1.19. The molecule has 0 unspecified atom stereocenters. The van der Waals surface area contributed by atoms with Gasteiger partial charge in [0.2, 0.25) is 5.91 Å². The van der Waals surface area contributed by atoms with Crippen LogP contribution in [-0.2, 0) is 16.1 Å². The van der Waals surface area contributed by atoms with Crippen molar-refractivity contribution in [2.75, 3.05) is 6.61 Å². The van der Waals surface area contributed by atoms with Gasteiger partial charge in [0.1, 0.15) is 6.61 Å². The average molecular weight is 461 g/mol. The van der Waals surface area contributed by atoms with Crippen molar-refractivity contribution in [1.29, 1.82) is 0 Å². The van der Waals surface area contributed by atoms with Crippen LogP contribution in [0.1, 0.15) is 46.1 Å². The van der Waals surface area contributed by atoms with Crippen molar-refractivity contribution in [3.05, 3.63) is 77.2 Å². The highest BCUT2D eigenvalue weighted by molar-refractivity contribution is 5.85. The number of amides is 2. The first-order valence-corrected chi connectivity index (χ1v) is 11.1. The van der Waals surface area contributed by atoms with E-state index in [1.165, 1.54) is 17.2 Å². The van der Waals surface area contributed by atoms with Crippen LogP contribution in [0.3, 0.4) is 0 Å². The molecule has 34 heavy (non-hydrogen) atoms. The van der Waals surface area contributed by atoms with E-state index in [1.54, 1.807) is 0 Å². The molecule has 0 spiro atoms. The van der Waals surface area contributed by atoms with Crippen molar-refractivity contribution in [2.24, 2.45) is 5.92 Å². The molecule has 3 aromatic rings. The maximum absolute atomic E-state index is 12.4. The van der Waals surface area contributed by atoms with E-state index in [0.29, 0.717) is 12.8 Å². The van der Waals surface area contributed by atoms with Crippen molar-refractivity contribution in [2.45, 2.75) is 31.3 Å². The number of alkyl carbamates (subject to hydrolysis) is 1. The van der Waals surface area contributed by atoms with E-state index in [-0.39, 0.29) is 48.4 Å². The highest BCUT2D eigenvalue weighted by Gasteiger charge is 2.36. The number of aromatic nitrogens is 1. The van der Waals surface area contributed by atoms with Crippen LogP contribution in [0.25, 0.3) is 11.1 Å². The standard InChI is InChI=1S/C25H23N3O6/c29-23(26-12-16-11-22(24(30)31)28-34-16)14-9-15(10-14)27-25(32)33-13-21-19-7-3-1-5-17(19)18-6-2-4-8-20(18)21/h1-8,11,14-15,21H,9-10,12-13H2,(H,26,29)(H,27,32)(H,30,31). The molecular weight excluding hydrogens is 438 g/mol. The van der Waals surface area contributed by atoms with E-state index >= 15 is 0 Å². The number of carboxylic acid groups (broad SMARTS) is 1. The monoisotopic (exact) mass is 461 g/mol. The van der Waals surface area contributed by atoms with Gasteiger partial charge in [-0.25, -0.2) is 9.59 Å². The summed E-state index contributed by atoms with van der Waals surface area (Å²) in [5.74, 6) is -1.35. The average Bonchev–Trinajstić information content (AvgIpc) is 3.41. The Morgan fingerprint density at radius 2 is 1.68 bits per heavy atom. The van der Waals surface area contributed by atoms with Gasteiger partial charge in [-0.05, 0) is 35.1 Å². The Bertz CT molecular complexity index is 1200. The van der Waals surface area contributed by atoms with Crippen molar-refractivity contribution in [3.8, 4) is 11.1 Å². The van der Waals surface area contributed by atoms with Gasteiger partial charge in [0.05, 0.1) is 6.54 Å². The summed E-state index contributed by atoms with van der Waals surface area (Å²) in [6.45, 7) is 0.298. The van der Waals surface area contributed by atoms with Gasteiger partial charge in [-0.3, -0.25) is 4.79 Å². The number of fused-ring (bicyclic) bond motifs is 3. The summed E-state index contributed by atoms with van der Waals surface area (Å²) in [6, 6.07) is 17.4. The number of hydrogen-bond acceptors (Lipinski definition) is 6. The number of nitrogens with zero attached hydrogens (tertiary/aromatic N) is 1. The van der Waals surface area contributed by atoms with Gasteiger partial charge in [0.15, 0.2) is 11.5 Å². The number of rotatable bonds is 7. The zero-order chi connectivity index (χ0) is 23.7. The summed E-state index contributed by atoms with van der Waals surface area (Å²) < 4.78 is 10.4. The lowest BCUT2D eigenvalue weighted by Gasteiger charge is -2.34. The molecule has 0 atom stereocenters. The Balaban J connectivity index is 1.07. The predicted molar refractivity (Wildman–Crippen MR) is 120 cm³/mol. The van der Waals surface area contributed by atoms with Crippen LogP contribution in [0.5, 0.6) is 0 Å². The molecule has 0 radical (unpaired) electrons. The Morgan fingerprint density at radius 3 is 2.29 bits per heavy atom. The molecule has 174 valence electrons. The van der Waals surface area contributed by atoms with Gasteiger partial charge in [-0.2, -0.15) is 0 Å². The molecule has 0 bridgehead atoms. The number of aromatic carboxylic acids is 1. The third-order valence-corrected chi connectivity index (χ3v) is 6.39. The van der Waals surface area contributed by atoms with Gasteiger partial charge in [-0.1, -0.05) is 53.7 Å². The molecule has 1 aromatic heterocycles. The maximum Gasteiger partial charge on any atom is 0.407 e. The molecule has 5 rings (SSSR count). The van der Waals surface area contributed by atoms with Gasteiger partial charge in [0.25, 0.3) is 0 Å². The van der Waals surface area contributed by atoms with Crippen LogP contribution in [-0.4, -0.2) is 40.9 Å². The minimum Gasteiger partial charge on any atom is -0.476 e. The first kappa shape index (κ1) is 21.7. The molecule has 0 saturated heterocycles. The molecule has 1 saturated carbocycles. The van der Waals surface area contributed by atoms with Crippen LogP contribution in [0, 0.1) is 5.92 Å². The number of carboxylic acids is 1. The van der Waals surface area contributed by atoms with Crippen molar-refractivity contribution >= 4 is 18.0 Å². The number of benzene rings is 2. The first-order valence-electron chi connectivity index (χ1n) is 11.1. The molecule has 1 heterocycles. The van der Waals surface area contributed by atoms with Crippen LogP contribution >= 0.6 is 0 Å². The number of carbonyl (C=O) groups is 3. The second kappa shape index (κ2) is 9.01. The Morgan fingerprint density at radius 1 is 1.03 bits per heavy atom. The normalized spacial score (nSPS) is 18.4. The number of nitrogens with one attached hydrogen (secondary N) is 2. The topological polar surface area (TPSA) is 131 Å². The lowest BCUT2D eigenvalue weighted by atomic mass is 9.79. The zero-order valence-electron chi connectivity index (χ0n) is 18.2. The lowest BCUT2D eigenvalue weighted by molar-refractivity contribution is -0.128. The molecule has 2 amide bonds. The number of carbonyl (C=O) groups excluding carboxylic acids is 2. The van der Waals surface area contributed by atoms with E-state index < -0.39 is 12.1 Å². The summed E-state index contributed by atoms with van der Waals surface area (Å²) in [7, 11) is 0. The molecule has 2 aromatic carbocycles. The molecule has 9 heteroatoms. The SMILES string of the molecule is O=C(NC1CC(C(=O)NCc2cc(C(=O)O)no2)C1)OCC1c2ccccc2-c2ccccc21. The summed E-state index contributed by atoms with van der Waals surface area (Å²) >= 11 is 0. The summed E-state index contributed by atoms with van der Waals surface area (Å²) in [6.07, 6.45) is 0.521. The predicted octanol–water partition coefficient (Wildman–Crippen LogP) is 3.31. The molecule has 1 fully saturated rings. The van der Waals surface area contributed by atoms with E-state index in [4.69, 9.17) is 14.4 Å². The van der Waals surface area contributed by atoms with Gasteiger partial charge in [-0.15, -0.1) is 0 Å². The Hall–Kier alpha value is -4.14. The first-order chi connectivity index (χ1) is 16.5. The second-order valence-corrected chi connectivity index (χ2v) is 8.54. The number of ether oxygens (including phenoxy) is 1. The summed E-state index contributed by atoms with van der Waals surface area (Å²) in [5, 5.41) is 17.8. The van der Waals surface area contributed by atoms with Crippen LogP contribution in [0.4, 0.5) is 4.79 Å².